The first-order chi connectivity index (χ1) is 10.7. The Hall–Kier alpha value is -2.90. The molecule has 0 bridgehead atoms. The molecule has 0 aliphatic heterocycles. The van der Waals surface area contributed by atoms with E-state index in [1.54, 1.807) is 10.6 Å². The Balaban J connectivity index is 2.07. The zero-order valence-electron chi connectivity index (χ0n) is 12.3. The Bertz CT molecular complexity index is 793. The quantitative estimate of drug-likeness (QED) is 0.747. The number of ether oxygens (including phenoxy) is 1. The SMILES string of the molecule is CCOc1cccn2c(C(=O)Nc3ncn[nH]3)c(CC)nc12. The number of hydrogen-bond donors (Lipinski definition) is 2. The minimum Gasteiger partial charge on any atom is -0.490 e. The summed E-state index contributed by atoms with van der Waals surface area (Å²) in [6, 6.07) is 3.66. The number of aryl methyl sites for hydroxylation is 1. The summed E-state index contributed by atoms with van der Waals surface area (Å²) in [5, 5.41) is 8.98. The highest BCUT2D eigenvalue weighted by Gasteiger charge is 2.20. The van der Waals surface area contributed by atoms with Crippen molar-refractivity contribution in [3.63, 3.8) is 0 Å². The van der Waals surface area contributed by atoms with Crippen molar-refractivity contribution in [3.05, 3.63) is 36.0 Å². The summed E-state index contributed by atoms with van der Waals surface area (Å²) >= 11 is 0. The molecule has 0 fully saturated rings. The minimum atomic E-state index is -0.297. The van der Waals surface area contributed by atoms with E-state index in [0.717, 1.165) is 0 Å². The third kappa shape index (κ3) is 2.39. The van der Waals surface area contributed by atoms with E-state index in [1.807, 2.05) is 26.0 Å². The molecule has 0 radical (unpaired) electrons. The number of carbonyl (C=O) groups is 1. The predicted molar refractivity (Wildman–Crippen MR) is 80.1 cm³/mol. The summed E-state index contributed by atoms with van der Waals surface area (Å²) in [7, 11) is 0. The van der Waals surface area contributed by atoms with Crippen molar-refractivity contribution in [3.8, 4) is 5.75 Å². The van der Waals surface area contributed by atoms with Gasteiger partial charge in [-0.15, -0.1) is 0 Å². The molecule has 0 unspecified atom stereocenters. The van der Waals surface area contributed by atoms with Gasteiger partial charge in [0.15, 0.2) is 11.4 Å². The molecule has 8 heteroatoms. The van der Waals surface area contributed by atoms with Crippen LogP contribution < -0.4 is 10.1 Å². The molecule has 3 aromatic heterocycles. The molecule has 0 aliphatic rings. The Morgan fingerprint density at radius 2 is 2.32 bits per heavy atom. The first-order valence-electron chi connectivity index (χ1n) is 7.04. The molecule has 0 aromatic carbocycles. The Morgan fingerprint density at radius 1 is 1.45 bits per heavy atom. The van der Waals surface area contributed by atoms with Gasteiger partial charge in [0.25, 0.3) is 5.91 Å². The number of rotatable bonds is 5. The van der Waals surface area contributed by atoms with Crippen molar-refractivity contribution in [2.24, 2.45) is 0 Å². The molecule has 0 atom stereocenters. The molecule has 2 N–H and O–H groups in total. The zero-order chi connectivity index (χ0) is 15.5. The highest BCUT2D eigenvalue weighted by atomic mass is 16.5. The van der Waals surface area contributed by atoms with Crippen molar-refractivity contribution in [1.29, 1.82) is 0 Å². The molecule has 0 saturated carbocycles. The first kappa shape index (κ1) is 14.1. The number of imidazole rings is 1. The molecule has 114 valence electrons. The van der Waals surface area contributed by atoms with Crippen molar-refractivity contribution >= 4 is 17.5 Å². The molecule has 0 saturated heterocycles. The Labute approximate surface area is 126 Å². The second kappa shape index (κ2) is 5.84. The fourth-order valence-corrected chi connectivity index (χ4v) is 2.28. The van der Waals surface area contributed by atoms with Gasteiger partial charge in [0.1, 0.15) is 12.0 Å². The number of aromatic nitrogens is 5. The molecule has 3 rings (SSSR count). The molecule has 0 aliphatic carbocycles. The normalized spacial score (nSPS) is 10.8. The maximum absolute atomic E-state index is 12.5. The molecule has 0 spiro atoms. The fourth-order valence-electron chi connectivity index (χ4n) is 2.28. The van der Waals surface area contributed by atoms with Crippen LogP contribution in [0.25, 0.3) is 5.65 Å². The number of hydrogen-bond acceptors (Lipinski definition) is 5. The van der Waals surface area contributed by atoms with E-state index in [4.69, 9.17) is 4.74 Å². The van der Waals surface area contributed by atoms with Gasteiger partial charge in [0, 0.05) is 6.20 Å². The summed E-state index contributed by atoms with van der Waals surface area (Å²) in [5.74, 6) is 0.649. The number of anilines is 1. The smallest absolute Gasteiger partial charge is 0.276 e. The van der Waals surface area contributed by atoms with Crippen LogP contribution in [0.3, 0.4) is 0 Å². The number of fused-ring (bicyclic) bond motifs is 1. The van der Waals surface area contributed by atoms with Crippen LogP contribution in [0.15, 0.2) is 24.7 Å². The van der Waals surface area contributed by atoms with Crippen LogP contribution in [0.1, 0.15) is 30.0 Å². The van der Waals surface area contributed by atoms with Gasteiger partial charge in [0.2, 0.25) is 5.95 Å². The molecule has 22 heavy (non-hydrogen) atoms. The maximum Gasteiger partial charge on any atom is 0.276 e. The second-order valence-electron chi connectivity index (χ2n) is 4.55. The van der Waals surface area contributed by atoms with Gasteiger partial charge in [-0.2, -0.15) is 10.1 Å². The predicted octanol–water partition coefficient (Wildman–Crippen LogP) is 1.67. The van der Waals surface area contributed by atoms with E-state index in [2.05, 4.69) is 25.5 Å². The van der Waals surface area contributed by atoms with Crippen LogP contribution in [0.4, 0.5) is 5.95 Å². The van der Waals surface area contributed by atoms with E-state index >= 15 is 0 Å². The summed E-state index contributed by atoms with van der Waals surface area (Å²) in [4.78, 5) is 21.0. The van der Waals surface area contributed by atoms with Crippen molar-refractivity contribution in [1.82, 2.24) is 24.6 Å². The molecule has 3 heterocycles. The third-order valence-corrected chi connectivity index (χ3v) is 3.18. The van der Waals surface area contributed by atoms with E-state index in [-0.39, 0.29) is 5.91 Å². The van der Waals surface area contributed by atoms with Crippen molar-refractivity contribution in [2.75, 3.05) is 11.9 Å². The summed E-state index contributed by atoms with van der Waals surface area (Å²) in [6.07, 6.45) is 3.75. The van der Waals surface area contributed by atoms with Gasteiger partial charge < -0.3 is 4.74 Å². The van der Waals surface area contributed by atoms with Crippen molar-refractivity contribution in [2.45, 2.75) is 20.3 Å². The summed E-state index contributed by atoms with van der Waals surface area (Å²) < 4.78 is 7.31. The van der Waals surface area contributed by atoms with Gasteiger partial charge in [-0.3, -0.25) is 14.5 Å². The average Bonchev–Trinajstić information content (AvgIpc) is 3.14. The second-order valence-corrected chi connectivity index (χ2v) is 4.55. The number of pyridine rings is 1. The van der Waals surface area contributed by atoms with Gasteiger partial charge in [-0.25, -0.2) is 10.1 Å². The van der Waals surface area contributed by atoms with Crippen LogP contribution in [-0.2, 0) is 6.42 Å². The van der Waals surface area contributed by atoms with Gasteiger partial charge in [-0.05, 0) is 25.5 Å². The number of H-pyrrole nitrogens is 1. The minimum absolute atomic E-state index is 0.294. The summed E-state index contributed by atoms with van der Waals surface area (Å²) in [5.41, 5.74) is 1.79. The lowest BCUT2D eigenvalue weighted by molar-refractivity contribution is 0.101. The number of amides is 1. The topological polar surface area (TPSA) is 97.2 Å². The van der Waals surface area contributed by atoms with Crippen molar-refractivity contribution < 1.29 is 9.53 Å². The highest BCUT2D eigenvalue weighted by molar-refractivity contribution is 6.03. The number of aromatic amines is 1. The van der Waals surface area contributed by atoms with Crippen LogP contribution in [0, 0.1) is 0 Å². The molecular weight excluding hydrogens is 284 g/mol. The Kier molecular flexibility index (Phi) is 3.73. The summed E-state index contributed by atoms with van der Waals surface area (Å²) in [6.45, 7) is 4.39. The van der Waals surface area contributed by atoms with Crippen LogP contribution in [0.5, 0.6) is 5.75 Å². The average molecular weight is 300 g/mol. The zero-order valence-corrected chi connectivity index (χ0v) is 12.3. The van der Waals surface area contributed by atoms with Gasteiger partial charge >= 0.3 is 0 Å². The number of nitrogens with one attached hydrogen (secondary N) is 2. The molecular formula is C14H16N6O2. The number of carbonyl (C=O) groups excluding carboxylic acids is 1. The van der Waals surface area contributed by atoms with Gasteiger partial charge in [0.05, 0.1) is 12.3 Å². The third-order valence-electron chi connectivity index (χ3n) is 3.18. The lowest BCUT2D eigenvalue weighted by atomic mass is 10.2. The Morgan fingerprint density at radius 3 is 3.00 bits per heavy atom. The van der Waals surface area contributed by atoms with E-state index < -0.39 is 0 Å². The molecule has 8 nitrogen and oxygen atoms in total. The lowest BCUT2D eigenvalue weighted by Crippen LogP contribution is -2.17. The van der Waals surface area contributed by atoms with E-state index in [0.29, 0.717) is 41.8 Å². The monoisotopic (exact) mass is 300 g/mol. The van der Waals surface area contributed by atoms with Gasteiger partial charge in [-0.1, -0.05) is 6.92 Å². The standard InChI is InChI=1S/C14H16N6O2/c1-3-9-11(13(21)18-14-15-8-16-19-14)20-7-5-6-10(22-4-2)12(20)17-9/h5-8H,3-4H2,1-2H3,(H2,15,16,18,19,21). The number of nitrogens with zero attached hydrogens (tertiary/aromatic N) is 4. The molecule has 1 amide bonds. The molecule has 3 aromatic rings. The van der Waals surface area contributed by atoms with Crippen LogP contribution in [0.2, 0.25) is 0 Å². The fraction of sp³-hybridized carbons (Fsp3) is 0.286. The van der Waals surface area contributed by atoms with Crippen LogP contribution >= 0.6 is 0 Å². The largest absolute Gasteiger partial charge is 0.490 e. The van der Waals surface area contributed by atoms with E-state index in [1.165, 1.54) is 6.33 Å². The lowest BCUT2D eigenvalue weighted by Gasteiger charge is -2.06. The maximum atomic E-state index is 12.5. The van der Waals surface area contributed by atoms with E-state index in [9.17, 15) is 4.79 Å². The first-order valence-corrected chi connectivity index (χ1v) is 7.04. The highest BCUT2D eigenvalue weighted by Crippen LogP contribution is 2.23. The van der Waals surface area contributed by atoms with Crippen LogP contribution in [-0.4, -0.2) is 37.1 Å².